The van der Waals surface area contributed by atoms with Crippen LogP contribution in [0.2, 0.25) is 0 Å². The van der Waals surface area contributed by atoms with Crippen LogP contribution in [0, 0.1) is 0 Å². The Balaban J connectivity index is 2.22. The zero-order valence-corrected chi connectivity index (χ0v) is 13.5. The van der Waals surface area contributed by atoms with Crippen LogP contribution >= 0.6 is 0 Å². The molecule has 0 amide bonds. The Morgan fingerprint density at radius 1 is 1.19 bits per heavy atom. The normalized spacial score (nSPS) is 19.8. The molecule has 1 aromatic carbocycles. The molecule has 2 rings (SSSR count). The summed E-state index contributed by atoms with van der Waals surface area (Å²) in [7, 11) is 0. The maximum absolute atomic E-state index is 5.81. The first kappa shape index (κ1) is 16.0. The molecule has 0 aliphatic carbocycles. The van der Waals surface area contributed by atoms with Gasteiger partial charge in [0.15, 0.2) is 0 Å². The lowest BCUT2D eigenvalue weighted by Crippen LogP contribution is -2.38. The molecule has 0 aromatic heterocycles. The maximum Gasteiger partial charge on any atom is 0.142 e. The topological polar surface area (TPSA) is 33.7 Å². The second-order valence-corrected chi connectivity index (χ2v) is 5.48. The average Bonchev–Trinajstić information content (AvgIpc) is 2.46. The van der Waals surface area contributed by atoms with E-state index < -0.39 is 0 Å². The van der Waals surface area contributed by atoms with Gasteiger partial charge in [-0.2, -0.15) is 0 Å². The Morgan fingerprint density at radius 3 is 2.76 bits per heavy atom. The van der Waals surface area contributed by atoms with Gasteiger partial charge in [-0.1, -0.05) is 0 Å². The minimum atomic E-state index is 0.568. The minimum Gasteiger partial charge on any atom is -0.494 e. The van der Waals surface area contributed by atoms with E-state index in [2.05, 4.69) is 23.2 Å². The van der Waals surface area contributed by atoms with Gasteiger partial charge in [0, 0.05) is 25.2 Å². The molecule has 0 radical (unpaired) electrons. The summed E-state index contributed by atoms with van der Waals surface area (Å²) >= 11 is 0. The minimum absolute atomic E-state index is 0.568. The van der Waals surface area contributed by atoms with Crippen molar-refractivity contribution in [3.63, 3.8) is 0 Å². The lowest BCUT2D eigenvalue weighted by atomic mass is 10.1. The Hall–Kier alpha value is -1.42. The summed E-state index contributed by atoms with van der Waals surface area (Å²) in [6, 6.07) is 6.71. The van der Waals surface area contributed by atoms with E-state index in [0.717, 1.165) is 49.7 Å². The summed E-state index contributed by atoms with van der Waals surface area (Å²) in [5.41, 5.74) is 1.16. The molecule has 0 spiro atoms. The van der Waals surface area contributed by atoms with Crippen molar-refractivity contribution in [1.29, 1.82) is 0 Å². The number of hydrogen-bond acceptors (Lipinski definition) is 4. The van der Waals surface area contributed by atoms with Crippen LogP contribution in [-0.4, -0.2) is 38.9 Å². The average molecular weight is 292 g/mol. The molecule has 1 unspecified atom stereocenters. The third-order valence-electron chi connectivity index (χ3n) is 3.81. The van der Waals surface area contributed by atoms with Gasteiger partial charge in [-0.15, -0.1) is 0 Å². The summed E-state index contributed by atoms with van der Waals surface area (Å²) in [4.78, 5) is 2.44. The molecule has 1 heterocycles. The zero-order valence-electron chi connectivity index (χ0n) is 13.5. The van der Waals surface area contributed by atoms with Crippen molar-refractivity contribution >= 4 is 5.69 Å². The van der Waals surface area contributed by atoms with Crippen LogP contribution in [0.1, 0.15) is 33.6 Å². The highest BCUT2D eigenvalue weighted by atomic mass is 16.5. The number of nitrogens with zero attached hydrogens (tertiary/aromatic N) is 1. The smallest absolute Gasteiger partial charge is 0.142 e. The summed E-state index contributed by atoms with van der Waals surface area (Å²) in [5, 5.41) is 3.55. The van der Waals surface area contributed by atoms with Gasteiger partial charge in [0.25, 0.3) is 0 Å². The number of benzene rings is 1. The maximum atomic E-state index is 5.81. The van der Waals surface area contributed by atoms with E-state index in [1.54, 1.807) is 0 Å². The van der Waals surface area contributed by atoms with E-state index in [4.69, 9.17) is 9.47 Å². The molecule has 0 bridgehead atoms. The van der Waals surface area contributed by atoms with Gasteiger partial charge < -0.3 is 19.7 Å². The summed E-state index contributed by atoms with van der Waals surface area (Å²) in [6.07, 6.45) is 2.29. The fourth-order valence-electron chi connectivity index (χ4n) is 2.70. The van der Waals surface area contributed by atoms with Crippen LogP contribution in [0.3, 0.4) is 0 Å². The van der Waals surface area contributed by atoms with Gasteiger partial charge in [0.2, 0.25) is 0 Å². The zero-order chi connectivity index (χ0) is 15.1. The Labute approximate surface area is 128 Å². The Kier molecular flexibility index (Phi) is 6.18. The van der Waals surface area contributed by atoms with E-state index >= 15 is 0 Å². The fourth-order valence-corrected chi connectivity index (χ4v) is 2.70. The van der Waals surface area contributed by atoms with Gasteiger partial charge in [0.1, 0.15) is 11.5 Å². The molecular weight excluding hydrogens is 264 g/mol. The first-order valence-corrected chi connectivity index (χ1v) is 8.12. The highest BCUT2D eigenvalue weighted by Gasteiger charge is 2.16. The molecule has 1 aliphatic heterocycles. The second-order valence-electron chi connectivity index (χ2n) is 5.48. The molecular formula is C17H28N2O2. The molecule has 1 aliphatic rings. The Morgan fingerprint density at radius 2 is 2.00 bits per heavy atom. The highest BCUT2D eigenvalue weighted by Crippen LogP contribution is 2.33. The van der Waals surface area contributed by atoms with Crippen LogP contribution in [0.25, 0.3) is 0 Å². The molecule has 1 atom stereocenters. The Bertz CT molecular complexity index is 437. The predicted octanol–water partition coefficient (Wildman–Crippen LogP) is 3.06. The van der Waals surface area contributed by atoms with Crippen LogP contribution < -0.4 is 19.7 Å². The third-order valence-corrected chi connectivity index (χ3v) is 3.81. The molecule has 1 saturated heterocycles. The van der Waals surface area contributed by atoms with Gasteiger partial charge in [-0.25, -0.2) is 0 Å². The van der Waals surface area contributed by atoms with Crippen LogP contribution in [0.15, 0.2) is 18.2 Å². The van der Waals surface area contributed by atoms with Crippen molar-refractivity contribution in [2.24, 2.45) is 0 Å². The first-order chi connectivity index (χ1) is 10.2. The summed E-state index contributed by atoms with van der Waals surface area (Å²) in [6.45, 7) is 10.8. The molecule has 4 nitrogen and oxygen atoms in total. The fraction of sp³-hybridized carbons (Fsp3) is 0.647. The number of nitrogens with one attached hydrogen (secondary N) is 1. The number of anilines is 1. The standard InChI is InChI=1S/C17H28N2O2/c1-4-20-15-7-8-17(21-5-2)16(13-15)19-11-6-10-18-14(3)9-12-19/h7-8,13-14,18H,4-6,9-12H2,1-3H3. The molecule has 118 valence electrons. The third kappa shape index (κ3) is 4.53. The predicted molar refractivity (Wildman–Crippen MR) is 87.7 cm³/mol. The SMILES string of the molecule is CCOc1ccc(OCC)c(N2CCCNC(C)CC2)c1. The molecule has 1 aromatic rings. The lowest BCUT2D eigenvalue weighted by molar-refractivity contribution is 0.330. The van der Waals surface area contributed by atoms with Crippen LogP contribution in [0.4, 0.5) is 5.69 Å². The van der Waals surface area contributed by atoms with Crippen molar-refractivity contribution in [1.82, 2.24) is 5.32 Å². The van der Waals surface area contributed by atoms with Crippen molar-refractivity contribution < 1.29 is 9.47 Å². The van der Waals surface area contributed by atoms with Gasteiger partial charge in [-0.05, 0) is 52.3 Å². The molecule has 1 N–H and O–H groups in total. The quantitative estimate of drug-likeness (QED) is 0.904. The van der Waals surface area contributed by atoms with Gasteiger partial charge >= 0.3 is 0 Å². The van der Waals surface area contributed by atoms with Crippen LogP contribution in [0.5, 0.6) is 11.5 Å². The number of ether oxygens (including phenoxy) is 2. The van der Waals surface area contributed by atoms with E-state index in [1.807, 2.05) is 26.0 Å². The number of rotatable bonds is 5. The van der Waals surface area contributed by atoms with Crippen LogP contribution in [-0.2, 0) is 0 Å². The highest BCUT2D eigenvalue weighted by molar-refractivity contribution is 5.61. The van der Waals surface area contributed by atoms with E-state index in [1.165, 1.54) is 0 Å². The van der Waals surface area contributed by atoms with E-state index in [9.17, 15) is 0 Å². The summed E-state index contributed by atoms with van der Waals surface area (Å²) in [5.74, 6) is 1.88. The molecule has 4 heteroatoms. The van der Waals surface area contributed by atoms with Gasteiger partial charge in [-0.3, -0.25) is 0 Å². The monoisotopic (exact) mass is 292 g/mol. The largest absolute Gasteiger partial charge is 0.494 e. The van der Waals surface area contributed by atoms with E-state index in [0.29, 0.717) is 19.3 Å². The van der Waals surface area contributed by atoms with Crippen molar-refractivity contribution in [2.75, 3.05) is 37.7 Å². The molecule has 0 saturated carbocycles. The first-order valence-electron chi connectivity index (χ1n) is 8.12. The van der Waals surface area contributed by atoms with E-state index in [-0.39, 0.29) is 0 Å². The number of hydrogen-bond donors (Lipinski definition) is 1. The molecule has 21 heavy (non-hydrogen) atoms. The van der Waals surface area contributed by atoms with Crippen molar-refractivity contribution in [2.45, 2.75) is 39.7 Å². The van der Waals surface area contributed by atoms with Gasteiger partial charge in [0.05, 0.1) is 18.9 Å². The molecule has 1 fully saturated rings. The summed E-state index contributed by atoms with van der Waals surface area (Å²) < 4.78 is 11.5. The second kappa shape index (κ2) is 8.13. The van der Waals surface area contributed by atoms with Crippen molar-refractivity contribution in [3.05, 3.63) is 18.2 Å². The lowest BCUT2D eigenvalue weighted by Gasteiger charge is -2.31. The van der Waals surface area contributed by atoms with Crippen molar-refractivity contribution in [3.8, 4) is 11.5 Å².